The Kier molecular flexibility index (Phi) is 5.51. The molecule has 168 valence electrons. The number of aliphatic imine (C=N–C) groups is 1. The van der Waals surface area contributed by atoms with Crippen molar-refractivity contribution in [2.75, 3.05) is 6.54 Å². The van der Waals surface area contributed by atoms with Crippen LogP contribution in [-0.2, 0) is 10.0 Å². The van der Waals surface area contributed by atoms with E-state index < -0.39 is 10.0 Å². The minimum atomic E-state index is -3.70. The fraction of sp³-hybridized carbons (Fsp3) is 0.727. The SMILES string of the molecule is CC(C)(C)C1=NC(C(C)(C)C)C(C(C)(C)C)=C2CC(NS(=O)(=O)c3ncc[nH]3)CN12. The zero-order valence-corrected chi connectivity index (χ0v) is 20.6. The smallest absolute Gasteiger partial charge is 0.274 e. The van der Waals surface area contributed by atoms with Gasteiger partial charge in [-0.25, -0.2) is 18.1 Å². The number of nitrogens with zero attached hydrogens (tertiary/aromatic N) is 3. The molecule has 2 unspecified atom stereocenters. The summed E-state index contributed by atoms with van der Waals surface area (Å²) in [6.45, 7) is 20.5. The van der Waals surface area contributed by atoms with Gasteiger partial charge in [-0.05, 0) is 16.4 Å². The Morgan fingerprint density at radius 2 is 1.70 bits per heavy atom. The number of H-pyrrole nitrogens is 1. The summed E-state index contributed by atoms with van der Waals surface area (Å²) in [5, 5.41) is -0.0466. The number of aromatic nitrogens is 2. The van der Waals surface area contributed by atoms with Gasteiger partial charge in [-0.3, -0.25) is 4.99 Å². The summed E-state index contributed by atoms with van der Waals surface area (Å²) >= 11 is 0. The van der Waals surface area contributed by atoms with Crippen LogP contribution in [0.2, 0.25) is 0 Å². The van der Waals surface area contributed by atoms with Gasteiger partial charge in [0.15, 0.2) is 0 Å². The second kappa shape index (κ2) is 7.19. The van der Waals surface area contributed by atoms with Crippen molar-refractivity contribution in [3.8, 4) is 0 Å². The number of sulfonamides is 1. The summed E-state index contributed by atoms with van der Waals surface area (Å²) in [6.07, 6.45) is 3.62. The maximum Gasteiger partial charge on any atom is 0.274 e. The largest absolute Gasteiger partial charge is 0.334 e. The molecule has 0 bridgehead atoms. The third-order valence-electron chi connectivity index (χ3n) is 5.61. The number of hydrogen-bond acceptors (Lipinski definition) is 5. The van der Waals surface area contributed by atoms with E-state index in [1.54, 1.807) is 0 Å². The molecule has 0 aliphatic carbocycles. The fourth-order valence-corrected chi connectivity index (χ4v) is 5.57. The van der Waals surface area contributed by atoms with Crippen molar-refractivity contribution in [1.82, 2.24) is 19.6 Å². The molecule has 2 atom stereocenters. The lowest BCUT2D eigenvalue weighted by Gasteiger charge is -2.45. The third-order valence-corrected chi connectivity index (χ3v) is 6.98. The molecule has 2 aliphatic rings. The van der Waals surface area contributed by atoms with E-state index in [-0.39, 0.29) is 33.5 Å². The van der Waals surface area contributed by atoms with Crippen LogP contribution in [0.5, 0.6) is 0 Å². The molecule has 3 heterocycles. The molecule has 2 aliphatic heterocycles. The van der Waals surface area contributed by atoms with Gasteiger partial charge in [0.2, 0.25) is 5.16 Å². The monoisotopic (exact) mass is 435 g/mol. The number of aromatic amines is 1. The Labute approximate surface area is 181 Å². The number of nitrogens with one attached hydrogen (secondary N) is 2. The Hall–Kier alpha value is -1.67. The second-order valence-corrected chi connectivity index (χ2v) is 13.2. The quantitative estimate of drug-likeness (QED) is 0.752. The maximum atomic E-state index is 12.8. The number of fused-ring (bicyclic) bond motifs is 1. The van der Waals surface area contributed by atoms with E-state index >= 15 is 0 Å². The fourth-order valence-electron chi connectivity index (χ4n) is 4.44. The average Bonchev–Trinajstić information content (AvgIpc) is 3.19. The maximum absolute atomic E-state index is 12.8. The lowest BCUT2D eigenvalue weighted by atomic mass is 9.70. The molecule has 30 heavy (non-hydrogen) atoms. The summed E-state index contributed by atoms with van der Waals surface area (Å²) in [5.41, 5.74) is 2.27. The summed E-state index contributed by atoms with van der Waals surface area (Å²) in [4.78, 5) is 14.2. The summed E-state index contributed by atoms with van der Waals surface area (Å²) in [6, 6.07) is -0.183. The molecule has 3 rings (SSSR count). The van der Waals surface area contributed by atoms with Crippen molar-refractivity contribution in [2.45, 2.75) is 86.0 Å². The van der Waals surface area contributed by atoms with Crippen LogP contribution in [0.1, 0.15) is 68.7 Å². The van der Waals surface area contributed by atoms with Gasteiger partial charge < -0.3 is 9.88 Å². The minimum Gasteiger partial charge on any atom is -0.334 e. The molecule has 1 saturated heterocycles. The van der Waals surface area contributed by atoms with E-state index in [1.165, 1.54) is 23.7 Å². The molecule has 0 radical (unpaired) electrons. The Bertz CT molecular complexity index is 955. The molecular weight excluding hydrogens is 398 g/mol. The van der Waals surface area contributed by atoms with E-state index in [2.05, 4.69) is 81.9 Å². The summed E-state index contributed by atoms with van der Waals surface area (Å²) in [7, 11) is -3.70. The first kappa shape index (κ1) is 23.0. The number of rotatable bonds is 3. The molecule has 1 aromatic heterocycles. The van der Waals surface area contributed by atoms with E-state index in [9.17, 15) is 8.42 Å². The van der Waals surface area contributed by atoms with E-state index in [4.69, 9.17) is 4.99 Å². The summed E-state index contributed by atoms with van der Waals surface area (Å²) in [5.74, 6) is 1.03. The standard InChI is InChI=1S/C22H37N5O2S/c1-20(2,3)16-15-12-14(26-30(28,29)19-23-10-11-24-19)13-27(15)18(22(7,8)9)25-17(16)21(4,5)6/h10-11,14,17,26H,12-13H2,1-9H3,(H,23,24). The summed E-state index contributed by atoms with van der Waals surface area (Å²) < 4.78 is 28.4. The molecule has 0 saturated carbocycles. The number of hydrogen-bond donors (Lipinski definition) is 2. The van der Waals surface area contributed by atoms with Crippen molar-refractivity contribution in [3.05, 3.63) is 23.7 Å². The second-order valence-electron chi connectivity index (χ2n) is 11.6. The predicted molar refractivity (Wildman–Crippen MR) is 121 cm³/mol. The van der Waals surface area contributed by atoms with E-state index in [0.717, 1.165) is 5.84 Å². The van der Waals surface area contributed by atoms with Crippen LogP contribution in [0, 0.1) is 16.2 Å². The first-order chi connectivity index (χ1) is 13.5. The van der Waals surface area contributed by atoms with Gasteiger partial charge in [0.1, 0.15) is 5.84 Å². The van der Waals surface area contributed by atoms with Gasteiger partial charge in [0.25, 0.3) is 10.0 Å². The highest BCUT2D eigenvalue weighted by atomic mass is 32.2. The lowest BCUT2D eigenvalue weighted by molar-refractivity contribution is 0.285. The molecule has 1 aromatic rings. The van der Waals surface area contributed by atoms with Crippen LogP contribution in [0.3, 0.4) is 0 Å². The molecule has 0 spiro atoms. The minimum absolute atomic E-state index is 0.0377. The molecule has 1 fully saturated rings. The van der Waals surface area contributed by atoms with Gasteiger partial charge in [0, 0.05) is 42.5 Å². The van der Waals surface area contributed by atoms with Crippen molar-refractivity contribution in [1.29, 1.82) is 0 Å². The van der Waals surface area contributed by atoms with Crippen LogP contribution < -0.4 is 4.72 Å². The highest BCUT2D eigenvalue weighted by molar-refractivity contribution is 7.89. The van der Waals surface area contributed by atoms with Crippen molar-refractivity contribution in [3.63, 3.8) is 0 Å². The third kappa shape index (κ3) is 4.35. The highest BCUT2D eigenvalue weighted by Crippen LogP contribution is 2.47. The van der Waals surface area contributed by atoms with Crippen molar-refractivity contribution < 1.29 is 8.42 Å². The van der Waals surface area contributed by atoms with Gasteiger partial charge in [-0.2, -0.15) is 0 Å². The average molecular weight is 436 g/mol. The van der Waals surface area contributed by atoms with Gasteiger partial charge in [0.05, 0.1) is 6.04 Å². The Balaban J connectivity index is 2.07. The first-order valence-electron chi connectivity index (χ1n) is 10.6. The van der Waals surface area contributed by atoms with Crippen LogP contribution in [0.15, 0.2) is 33.8 Å². The highest BCUT2D eigenvalue weighted by Gasteiger charge is 2.47. The van der Waals surface area contributed by atoms with Crippen LogP contribution in [-0.4, -0.2) is 47.7 Å². The first-order valence-corrected chi connectivity index (χ1v) is 12.1. The number of imidazole rings is 1. The molecule has 2 N–H and O–H groups in total. The van der Waals surface area contributed by atoms with Crippen LogP contribution >= 0.6 is 0 Å². The van der Waals surface area contributed by atoms with Gasteiger partial charge in [-0.15, -0.1) is 0 Å². The predicted octanol–water partition coefficient (Wildman–Crippen LogP) is 3.94. The van der Waals surface area contributed by atoms with Crippen LogP contribution in [0.4, 0.5) is 0 Å². The molecular formula is C22H37N5O2S. The zero-order valence-electron chi connectivity index (χ0n) is 19.8. The van der Waals surface area contributed by atoms with Crippen molar-refractivity contribution >= 4 is 15.9 Å². The molecule has 0 amide bonds. The van der Waals surface area contributed by atoms with E-state index in [0.29, 0.717) is 13.0 Å². The molecule has 7 nitrogen and oxygen atoms in total. The van der Waals surface area contributed by atoms with Crippen LogP contribution in [0.25, 0.3) is 0 Å². The normalized spacial score (nSPS) is 23.6. The van der Waals surface area contributed by atoms with Gasteiger partial charge >= 0.3 is 0 Å². The molecule has 0 aromatic carbocycles. The zero-order chi connectivity index (χ0) is 22.7. The topological polar surface area (TPSA) is 90.5 Å². The van der Waals surface area contributed by atoms with E-state index in [1.807, 2.05) is 0 Å². The Morgan fingerprint density at radius 3 is 2.17 bits per heavy atom. The lowest BCUT2D eigenvalue weighted by Crippen LogP contribution is -2.47. The van der Waals surface area contributed by atoms with Crippen molar-refractivity contribution in [2.24, 2.45) is 21.2 Å². The Morgan fingerprint density at radius 1 is 1.07 bits per heavy atom. The van der Waals surface area contributed by atoms with Gasteiger partial charge in [-0.1, -0.05) is 62.3 Å². The number of amidine groups is 1. The molecule has 8 heteroatoms.